The normalized spacial score (nSPS) is 25.6. The van der Waals surface area contributed by atoms with E-state index in [1.54, 1.807) is 6.92 Å². The molecular weight excluding hydrogens is 268 g/mol. The number of hydrogen-bond acceptors (Lipinski definition) is 5. The topological polar surface area (TPSA) is 139 Å². The number of rotatable bonds is 3. The first-order chi connectivity index (χ1) is 9.42. The van der Waals surface area contributed by atoms with E-state index >= 15 is 0 Å². The summed E-state index contributed by atoms with van der Waals surface area (Å²) in [5.41, 5.74) is 4.33. The molecule has 1 aliphatic heterocycles. The van der Waals surface area contributed by atoms with E-state index in [-0.39, 0.29) is 13.0 Å². The number of H-pyrrole nitrogens is 1. The summed E-state index contributed by atoms with van der Waals surface area (Å²) in [6.45, 7) is 1.24. The molecule has 1 saturated heterocycles. The van der Waals surface area contributed by atoms with Crippen LogP contribution in [0.1, 0.15) is 18.2 Å². The molecule has 3 atom stereocenters. The predicted molar refractivity (Wildman–Crippen MR) is 68.2 cm³/mol. The molecule has 5 N–H and O–H groups in total. The standard InChI is InChI=1S/C11H16N4O5/c1-5-3-15(11(19)14-9(5)17)8-2-6(13-10(12)18)7(4-16)20-8/h3,6-8,16H,2,4H2,1H3,(H3,12,13,18)(H,14,17,19)/t6-,7+,8+/m0/s1. The number of hydrogen-bond donors (Lipinski definition) is 4. The Bertz CT molecular complexity index is 622. The van der Waals surface area contributed by atoms with Crippen molar-refractivity contribution in [3.8, 4) is 0 Å². The molecule has 9 nitrogen and oxygen atoms in total. The molecule has 2 heterocycles. The number of nitrogens with one attached hydrogen (secondary N) is 2. The van der Waals surface area contributed by atoms with Gasteiger partial charge < -0.3 is 20.9 Å². The molecule has 0 bridgehead atoms. The van der Waals surface area contributed by atoms with Crippen LogP contribution in [0.15, 0.2) is 15.8 Å². The van der Waals surface area contributed by atoms with Gasteiger partial charge in [-0.3, -0.25) is 14.3 Å². The van der Waals surface area contributed by atoms with Crippen LogP contribution in [0.3, 0.4) is 0 Å². The van der Waals surface area contributed by atoms with Crippen molar-refractivity contribution in [2.75, 3.05) is 6.61 Å². The summed E-state index contributed by atoms with van der Waals surface area (Å²) >= 11 is 0. The second kappa shape index (κ2) is 5.47. The van der Waals surface area contributed by atoms with E-state index in [0.29, 0.717) is 5.56 Å². The Morgan fingerprint density at radius 3 is 2.95 bits per heavy atom. The zero-order chi connectivity index (χ0) is 14.9. The van der Waals surface area contributed by atoms with Crippen molar-refractivity contribution >= 4 is 6.03 Å². The molecule has 20 heavy (non-hydrogen) atoms. The molecule has 0 radical (unpaired) electrons. The predicted octanol–water partition coefficient (Wildman–Crippen LogP) is -1.84. The fraction of sp³-hybridized carbons (Fsp3) is 0.545. The second-order valence-electron chi connectivity index (χ2n) is 4.64. The highest BCUT2D eigenvalue weighted by atomic mass is 16.5. The van der Waals surface area contributed by atoms with Gasteiger partial charge in [-0.15, -0.1) is 0 Å². The van der Waals surface area contributed by atoms with Crippen LogP contribution in [0.5, 0.6) is 0 Å². The van der Waals surface area contributed by atoms with Crippen molar-refractivity contribution in [2.24, 2.45) is 5.73 Å². The van der Waals surface area contributed by atoms with E-state index in [1.165, 1.54) is 10.8 Å². The Morgan fingerprint density at radius 1 is 1.65 bits per heavy atom. The summed E-state index contributed by atoms with van der Waals surface area (Å²) in [4.78, 5) is 36.1. The first-order valence-electron chi connectivity index (χ1n) is 6.06. The van der Waals surface area contributed by atoms with Gasteiger partial charge in [-0.1, -0.05) is 0 Å². The van der Waals surface area contributed by atoms with Crippen LogP contribution in [0, 0.1) is 6.92 Å². The molecule has 0 saturated carbocycles. The Morgan fingerprint density at radius 2 is 2.35 bits per heavy atom. The molecule has 2 rings (SSSR count). The molecular formula is C11H16N4O5. The van der Waals surface area contributed by atoms with Crippen molar-refractivity contribution in [1.82, 2.24) is 14.9 Å². The van der Waals surface area contributed by atoms with Gasteiger partial charge >= 0.3 is 11.7 Å². The molecule has 0 spiro atoms. The van der Waals surface area contributed by atoms with Crippen LogP contribution in [0.4, 0.5) is 4.79 Å². The van der Waals surface area contributed by atoms with Gasteiger partial charge in [0.2, 0.25) is 0 Å². The Labute approximate surface area is 113 Å². The van der Waals surface area contributed by atoms with Gasteiger partial charge in [0.15, 0.2) is 0 Å². The highest BCUT2D eigenvalue weighted by molar-refractivity contribution is 5.72. The van der Waals surface area contributed by atoms with Crippen LogP contribution in [-0.2, 0) is 4.74 Å². The van der Waals surface area contributed by atoms with E-state index in [9.17, 15) is 19.5 Å². The van der Waals surface area contributed by atoms with Gasteiger partial charge in [-0.2, -0.15) is 0 Å². The first kappa shape index (κ1) is 14.3. The third-order valence-electron chi connectivity index (χ3n) is 3.20. The number of aliphatic hydroxyl groups is 1. The number of nitrogens with two attached hydrogens (primary N) is 1. The van der Waals surface area contributed by atoms with E-state index in [0.717, 1.165) is 0 Å². The molecule has 0 aliphatic carbocycles. The van der Waals surface area contributed by atoms with Gasteiger partial charge in [0.25, 0.3) is 5.56 Å². The summed E-state index contributed by atoms with van der Waals surface area (Å²) in [6.07, 6.45) is 0.297. The smallest absolute Gasteiger partial charge is 0.330 e. The molecule has 1 aromatic heterocycles. The second-order valence-corrected chi connectivity index (χ2v) is 4.64. The Kier molecular flexibility index (Phi) is 3.91. The largest absolute Gasteiger partial charge is 0.394 e. The van der Waals surface area contributed by atoms with Crippen molar-refractivity contribution in [1.29, 1.82) is 0 Å². The van der Waals surface area contributed by atoms with E-state index in [4.69, 9.17) is 10.5 Å². The summed E-state index contributed by atoms with van der Waals surface area (Å²) in [6, 6.07) is -1.23. The van der Waals surface area contributed by atoms with Crippen LogP contribution < -0.4 is 22.3 Å². The number of aromatic amines is 1. The number of ether oxygens (including phenoxy) is 1. The minimum atomic E-state index is -0.734. The number of primary amides is 1. The molecule has 2 amide bonds. The van der Waals surface area contributed by atoms with Crippen molar-refractivity contribution in [3.05, 3.63) is 32.6 Å². The monoisotopic (exact) mass is 284 g/mol. The number of aliphatic hydroxyl groups excluding tert-OH is 1. The fourth-order valence-corrected chi connectivity index (χ4v) is 2.21. The molecule has 9 heteroatoms. The maximum absolute atomic E-state index is 11.8. The lowest BCUT2D eigenvalue weighted by Crippen LogP contribution is -2.44. The number of carbonyl (C=O) groups is 1. The van der Waals surface area contributed by atoms with Gasteiger partial charge in [-0.05, 0) is 6.92 Å². The lowest BCUT2D eigenvalue weighted by atomic mass is 10.1. The minimum absolute atomic E-state index is 0.263. The minimum Gasteiger partial charge on any atom is -0.394 e. The number of urea groups is 1. The number of carbonyl (C=O) groups excluding carboxylic acids is 1. The van der Waals surface area contributed by atoms with Crippen molar-refractivity contribution < 1.29 is 14.6 Å². The van der Waals surface area contributed by atoms with Crippen LogP contribution in [-0.4, -0.2) is 39.4 Å². The number of aryl methyl sites for hydroxylation is 1. The fourth-order valence-electron chi connectivity index (χ4n) is 2.21. The Hall–Kier alpha value is -2.13. The summed E-state index contributed by atoms with van der Waals surface area (Å²) in [5.74, 6) is 0. The van der Waals surface area contributed by atoms with Gasteiger partial charge in [-0.25, -0.2) is 9.59 Å². The van der Waals surface area contributed by atoms with Crippen LogP contribution >= 0.6 is 0 Å². The van der Waals surface area contributed by atoms with Crippen LogP contribution in [0.25, 0.3) is 0 Å². The van der Waals surface area contributed by atoms with E-state index in [2.05, 4.69) is 10.3 Å². The first-order valence-corrected chi connectivity index (χ1v) is 6.06. The molecule has 0 aromatic carbocycles. The maximum atomic E-state index is 11.8. The third-order valence-corrected chi connectivity index (χ3v) is 3.20. The quantitative estimate of drug-likeness (QED) is 0.516. The molecule has 110 valence electrons. The van der Waals surface area contributed by atoms with E-state index < -0.39 is 35.7 Å². The highest BCUT2D eigenvalue weighted by Gasteiger charge is 2.36. The SMILES string of the molecule is Cc1cn([C@H]2C[C@H](NC(N)=O)[C@@H](CO)O2)c(=O)[nH]c1=O. The van der Waals surface area contributed by atoms with Crippen molar-refractivity contribution in [2.45, 2.75) is 31.7 Å². The molecule has 1 aliphatic rings. The summed E-state index contributed by atoms with van der Waals surface area (Å²) in [5, 5.41) is 11.7. The lowest BCUT2D eigenvalue weighted by Gasteiger charge is -2.15. The summed E-state index contributed by atoms with van der Waals surface area (Å²) < 4.78 is 6.73. The average molecular weight is 284 g/mol. The zero-order valence-electron chi connectivity index (χ0n) is 10.8. The zero-order valence-corrected chi connectivity index (χ0v) is 10.8. The lowest BCUT2D eigenvalue weighted by molar-refractivity contribution is -0.0284. The number of aromatic nitrogens is 2. The Balaban J connectivity index is 2.27. The summed E-state index contributed by atoms with van der Waals surface area (Å²) in [7, 11) is 0. The third kappa shape index (κ3) is 2.73. The van der Waals surface area contributed by atoms with Crippen LogP contribution in [0.2, 0.25) is 0 Å². The average Bonchev–Trinajstić information content (AvgIpc) is 2.75. The van der Waals surface area contributed by atoms with Crippen molar-refractivity contribution in [3.63, 3.8) is 0 Å². The maximum Gasteiger partial charge on any atom is 0.330 e. The number of amides is 2. The molecule has 0 unspecified atom stereocenters. The van der Waals surface area contributed by atoms with Gasteiger partial charge in [0.1, 0.15) is 12.3 Å². The number of nitrogens with zero attached hydrogens (tertiary/aromatic N) is 1. The highest BCUT2D eigenvalue weighted by Crippen LogP contribution is 2.27. The van der Waals surface area contributed by atoms with Gasteiger partial charge in [0.05, 0.1) is 12.6 Å². The van der Waals surface area contributed by atoms with Gasteiger partial charge in [0, 0.05) is 18.2 Å². The van der Waals surface area contributed by atoms with E-state index in [1.807, 2.05) is 0 Å². The molecule has 1 aromatic rings. The molecule has 1 fully saturated rings.